The molecule has 0 aliphatic heterocycles. The van der Waals surface area contributed by atoms with Crippen molar-refractivity contribution in [1.82, 2.24) is 4.37 Å². The molecule has 0 amide bonds. The Hall–Kier alpha value is -1.15. The molecule has 1 heterocycles. The molecule has 0 aliphatic rings. The lowest BCUT2D eigenvalue weighted by Crippen LogP contribution is -1.76. The first-order valence-electron chi connectivity index (χ1n) is 4.84. The van der Waals surface area contributed by atoms with E-state index in [1.807, 2.05) is 26.1 Å². The van der Waals surface area contributed by atoms with Crippen molar-refractivity contribution in [3.63, 3.8) is 0 Å². The van der Waals surface area contributed by atoms with Gasteiger partial charge in [-0.2, -0.15) is 0 Å². The van der Waals surface area contributed by atoms with Crippen molar-refractivity contribution in [2.45, 2.75) is 20.8 Å². The molecule has 0 saturated carbocycles. The van der Waals surface area contributed by atoms with Crippen LogP contribution in [0.15, 0.2) is 36.5 Å². The lowest BCUT2D eigenvalue weighted by molar-refractivity contribution is 1.48. The molecule has 0 saturated heterocycles. The Morgan fingerprint density at radius 1 is 1.07 bits per heavy atom. The molecule has 0 bridgehead atoms. The number of rotatable bonds is 1. The van der Waals surface area contributed by atoms with Crippen LogP contribution in [0.2, 0.25) is 0 Å². The molecule has 2 aromatic rings. The van der Waals surface area contributed by atoms with E-state index in [1.165, 1.54) is 16.0 Å². The fourth-order valence-electron chi connectivity index (χ4n) is 1.20. The maximum absolute atomic E-state index is 4.08. The molecule has 0 spiro atoms. The molecule has 0 unspecified atom stereocenters. The average molecular weight is 205 g/mol. The van der Waals surface area contributed by atoms with E-state index in [-0.39, 0.29) is 0 Å². The highest BCUT2D eigenvalue weighted by molar-refractivity contribution is 7.09. The average Bonchev–Trinajstić information content (AvgIpc) is 2.75. The van der Waals surface area contributed by atoms with Gasteiger partial charge < -0.3 is 0 Å². The molecule has 14 heavy (non-hydrogen) atoms. The van der Waals surface area contributed by atoms with Gasteiger partial charge in [0.15, 0.2) is 0 Å². The van der Waals surface area contributed by atoms with E-state index in [0.717, 1.165) is 0 Å². The highest BCUT2D eigenvalue weighted by atomic mass is 32.1. The monoisotopic (exact) mass is 205 g/mol. The van der Waals surface area contributed by atoms with Gasteiger partial charge in [-0.3, -0.25) is 0 Å². The molecule has 2 heteroatoms. The minimum atomic E-state index is 1.24. The van der Waals surface area contributed by atoms with Gasteiger partial charge in [-0.05, 0) is 35.6 Å². The first-order chi connectivity index (χ1) is 6.88. The fraction of sp³-hybridized carbons (Fsp3) is 0.250. The van der Waals surface area contributed by atoms with Crippen molar-refractivity contribution in [2.75, 3.05) is 0 Å². The maximum atomic E-state index is 4.08. The summed E-state index contributed by atoms with van der Waals surface area (Å²) in [4.78, 5) is 1.24. The third-order valence-corrected chi connectivity index (χ3v) is 2.63. The minimum absolute atomic E-state index is 1.24. The lowest BCUT2D eigenvalue weighted by atomic mass is 10.1. The van der Waals surface area contributed by atoms with E-state index in [0.29, 0.717) is 0 Å². The van der Waals surface area contributed by atoms with Crippen LogP contribution < -0.4 is 0 Å². The molecule has 0 aliphatic carbocycles. The Morgan fingerprint density at radius 2 is 1.79 bits per heavy atom. The van der Waals surface area contributed by atoms with Gasteiger partial charge in [-0.1, -0.05) is 38.1 Å². The van der Waals surface area contributed by atoms with Crippen LogP contribution in [0, 0.1) is 6.92 Å². The molecule has 0 fully saturated rings. The van der Waals surface area contributed by atoms with Gasteiger partial charge in [0, 0.05) is 6.20 Å². The van der Waals surface area contributed by atoms with Gasteiger partial charge in [0.25, 0.3) is 0 Å². The Bertz CT molecular complexity index is 366. The van der Waals surface area contributed by atoms with Crippen LogP contribution >= 0.6 is 11.5 Å². The van der Waals surface area contributed by atoms with Gasteiger partial charge >= 0.3 is 0 Å². The van der Waals surface area contributed by atoms with E-state index < -0.39 is 0 Å². The summed E-state index contributed by atoms with van der Waals surface area (Å²) in [6.45, 7) is 6.12. The third kappa shape index (κ3) is 2.42. The van der Waals surface area contributed by atoms with Crippen LogP contribution in [0.1, 0.15) is 19.4 Å². The second kappa shape index (κ2) is 5.55. The van der Waals surface area contributed by atoms with Crippen molar-refractivity contribution in [3.05, 3.63) is 42.1 Å². The standard InChI is InChI=1S/C10H9NS.C2H6/c1-8-4-2-3-5-9(8)10-6-7-11-12-10;1-2/h2-7H,1H3;1-2H3. The Kier molecular flexibility index (Phi) is 4.33. The van der Waals surface area contributed by atoms with E-state index in [2.05, 4.69) is 35.6 Å². The largest absolute Gasteiger partial charge is 0.201 e. The van der Waals surface area contributed by atoms with Gasteiger partial charge in [0.2, 0.25) is 0 Å². The SMILES string of the molecule is CC.Cc1ccccc1-c1ccns1. The Morgan fingerprint density at radius 3 is 2.36 bits per heavy atom. The van der Waals surface area contributed by atoms with Crippen molar-refractivity contribution in [3.8, 4) is 10.4 Å². The highest BCUT2D eigenvalue weighted by Crippen LogP contribution is 2.25. The van der Waals surface area contributed by atoms with Crippen molar-refractivity contribution >= 4 is 11.5 Å². The van der Waals surface area contributed by atoms with Gasteiger partial charge in [0.1, 0.15) is 0 Å². The first-order valence-corrected chi connectivity index (χ1v) is 5.62. The Labute approximate surface area is 89.6 Å². The number of aryl methyl sites for hydroxylation is 1. The molecule has 1 aromatic heterocycles. The van der Waals surface area contributed by atoms with Gasteiger partial charge in [0.05, 0.1) is 4.88 Å². The molecular formula is C12H15NS. The van der Waals surface area contributed by atoms with E-state index in [4.69, 9.17) is 0 Å². The normalized spacial score (nSPS) is 9.07. The maximum Gasteiger partial charge on any atom is 0.0552 e. The zero-order valence-corrected chi connectivity index (χ0v) is 9.64. The molecule has 1 nitrogen and oxygen atoms in total. The summed E-state index contributed by atoms with van der Waals surface area (Å²) in [7, 11) is 0. The summed E-state index contributed by atoms with van der Waals surface area (Å²) in [6, 6.07) is 10.4. The predicted molar refractivity (Wildman–Crippen MR) is 63.6 cm³/mol. The Balaban J connectivity index is 0.000000461. The second-order valence-corrected chi connectivity index (χ2v) is 3.52. The number of benzene rings is 1. The lowest BCUT2D eigenvalue weighted by Gasteiger charge is -1.99. The van der Waals surface area contributed by atoms with Gasteiger partial charge in [-0.25, -0.2) is 4.37 Å². The quantitative estimate of drug-likeness (QED) is 0.681. The van der Waals surface area contributed by atoms with Crippen LogP contribution in [0.25, 0.3) is 10.4 Å². The molecule has 1 aromatic carbocycles. The topological polar surface area (TPSA) is 12.9 Å². The van der Waals surface area contributed by atoms with Crippen LogP contribution in [-0.2, 0) is 0 Å². The molecular weight excluding hydrogens is 190 g/mol. The summed E-state index contributed by atoms with van der Waals surface area (Å²) in [5, 5.41) is 0. The number of nitrogens with zero attached hydrogens (tertiary/aromatic N) is 1. The van der Waals surface area contributed by atoms with Crippen molar-refractivity contribution in [2.24, 2.45) is 0 Å². The van der Waals surface area contributed by atoms with Crippen LogP contribution in [-0.4, -0.2) is 4.37 Å². The summed E-state index contributed by atoms with van der Waals surface area (Å²) < 4.78 is 4.08. The van der Waals surface area contributed by atoms with Gasteiger partial charge in [-0.15, -0.1) is 0 Å². The van der Waals surface area contributed by atoms with E-state index in [1.54, 1.807) is 11.5 Å². The van der Waals surface area contributed by atoms with E-state index >= 15 is 0 Å². The molecule has 0 N–H and O–H groups in total. The summed E-state index contributed by atoms with van der Waals surface area (Å²) in [5.41, 5.74) is 2.60. The van der Waals surface area contributed by atoms with Crippen molar-refractivity contribution < 1.29 is 0 Å². The smallest absolute Gasteiger partial charge is 0.0552 e. The second-order valence-electron chi connectivity index (χ2n) is 2.69. The number of aromatic nitrogens is 1. The molecule has 74 valence electrons. The minimum Gasteiger partial charge on any atom is -0.201 e. The number of hydrogen-bond acceptors (Lipinski definition) is 2. The molecule has 0 radical (unpaired) electrons. The third-order valence-electron chi connectivity index (χ3n) is 1.85. The molecule has 0 atom stereocenters. The van der Waals surface area contributed by atoms with Crippen molar-refractivity contribution in [1.29, 1.82) is 0 Å². The first kappa shape index (κ1) is 10.9. The zero-order valence-electron chi connectivity index (χ0n) is 8.82. The van der Waals surface area contributed by atoms with E-state index in [9.17, 15) is 0 Å². The summed E-state index contributed by atoms with van der Waals surface area (Å²) >= 11 is 1.54. The fourth-order valence-corrected chi connectivity index (χ4v) is 1.89. The van der Waals surface area contributed by atoms with Crippen LogP contribution in [0.4, 0.5) is 0 Å². The predicted octanol–water partition coefficient (Wildman–Crippen LogP) is 4.14. The highest BCUT2D eigenvalue weighted by Gasteiger charge is 2.00. The zero-order chi connectivity index (χ0) is 10.4. The van der Waals surface area contributed by atoms with Crippen LogP contribution in [0.5, 0.6) is 0 Å². The molecule has 2 rings (SSSR count). The summed E-state index contributed by atoms with van der Waals surface area (Å²) in [6.07, 6.45) is 1.84. The summed E-state index contributed by atoms with van der Waals surface area (Å²) in [5.74, 6) is 0. The van der Waals surface area contributed by atoms with Crippen LogP contribution in [0.3, 0.4) is 0 Å². The number of hydrogen-bond donors (Lipinski definition) is 0.